The molecule has 1 N–H and O–H groups in total. The molecule has 6 nitrogen and oxygen atoms in total. The van der Waals surface area contributed by atoms with Gasteiger partial charge in [0.2, 0.25) is 6.41 Å². The Hall–Kier alpha value is -3.15. The summed E-state index contributed by atoms with van der Waals surface area (Å²) in [7, 11) is 3.39. The van der Waals surface area contributed by atoms with E-state index in [2.05, 4.69) is 22.1 Å². The lowest BCUT2D eigenvalue weighted by Crippen LogP contribution is -2.30. The maximum atomic E-state index is 12.7. The van der Waals surface area contributed by atoms with Crippen LogP contribution >= 0.6 is 0 Å². The van der Waals surface area contributed by atoms with Crippen LogP contribution in [0.5, 0.6) is 0 Å². The van der Waals surface area contributed by atoms with Gasteiger partial charge in [-0.3, -0.25) is 14.6 Å². The molecule has 2 amide bonds. The van der Waals surface area contributed by atoms with Crippen LogP contribution in [0.2, 0.25) is 0 Å². The molecule has 2 aromatic heterocycles. The number of amides is 2. The first-order valence-corrected chi connectivity index (χ1v) is 8.54. The van der Waals surface area contributed by atoms with Gasteiger partial charge in [0, 0.05) is 43.9 Å². The molecule has 1 aromatic carbocycles. The summed E-state index contributed by atoms with van der Waals surface area (Å²) in [4.78, 5) is 34.1. The number of benzene rings is 1. The van der Waals surface area contributed by atoms with Gasteiger partial charge in [-0.15, -0.1) is 0 Å². The molecule has 26 heavy (non-hydrogen) atoms. The summed E-state index contributed by atoms with van der Waals surface area (Å²) in [5.41, 5.74) is 3.37. The summed E-state index contributed by atoms with van der Waals surface area (Å²) in [6.07, 6.45) is 7.54. The van der Waals surface area contributed by atoms with Crippen molar-refractivity contribution >= 4 is 28.9 Å². The number of hydrogen-bond donors (Lipinski definition) is 1. The summed E-state index contributed by atoms with van der Waals surface area (Å²) in [6, 6.07) is 9.85. The van der Waals surface area contributed by atoms with Crippen LogP contribution in [0, 0.1) is 0 Å². The third-order valence-electron chi connectivity index (χ3n) is 4.53. The number of nitrogens with one attached hydrogen (secondary N) is 1. The van der Waals surface area contributed by atoms with Crippen LogP contribution < -0.4 is 4.90 Å². The summed E-state index contributed by atoms with van der Waals surface area (Å²) in [6.45, 7) is 0.630. The highest BCUT2D eigenvalue weighted by Gasteiger charge is 2.17. The number of anilines is 1. The molecule has 0 spiro atoms. The van der Waals surface area contributed by atoms with E-state index >= 15 is 0 Å². The quantitative estimate of drug-likeness (QED) is 0.666. The van der Waals surface area contributed by atoms with Gasteiger partial charge < -0.3 is 14.8 Å². The normalized spacial score (nSPS) is 10.7. The van der Waals surface area contributed by atoms with E-state index in [1.807, 2.05) is 18.3 Å². The summed E-state index contributed by atoms with van der Waals surface area (Å²) < 4.78 is 0. The third-order valence-corrected chi connectivity index (χ3v) is 4.53. The fourth-order valence-corrected chi connectivity index (χ4v) is 3.06. The average Bonchev–Trinajstić information content (AvgIpc) is 3.10. The van der Waals surface area contributed by atoms with E-state index in [4.69, 9.17) is 0 Å². The van der Waals surface area contributed by atoms with Crippen LogP contribution in [-0.4, -0.2) is 47.8 Å². The number of hydrogen-bond acceptors (Lipinski definition) is 3. The van der Waals surface area contributed by atoms with Crippen molar-refractivity contribution in [3.63, 3.8) is 0 Å². The predicted molar refractivity (Wildman–Crippen MR) is 102 cm³/mol. The van der Waals surface area contributed by atoms with E-state index in [1.165, 1.54) is 22.0 Å². The Labute approximate surface area is 152 Å². The zero-order chi connectivity index (χ0) is 18.5. The number of pyridine rings is 1. The van der Waals surface area contributed by atoms with Crippen molar-refractivity contribution in [1.29, 1.82) is 0 Å². The van der Waals surface area contributed by atoms with Gasteiger partial charge in [-0.2, -0.15) is 0 Å². The molecule has 134 valence electrons. The van der Waals surface area contributed by atoms with Crippen LogP contribution in [0.4, 0.5) is 5.69 Å². The van der Waals surface area contributed by atoms with Crippen LogP contribution in [0.3, 0.4) is 0 Å². The minimum atomic E-state index is -0.116. The van der Waals surface area contributed by atoms with Gasteiger partial charge in [0.05, 0.1) is 17.4 Å². The van der Waals surface area contributed by atoms with Gasteiger partial charge in [0.1, 0.15) is 0 Å². The lowest BCUT2D eigenvalue weighted by Gasteiger charge is -2.20. The first kappa shape index (κ1) is 17.7. The molecule has 0 fully saturated rings. The molecule has 0 saturated carbocycles. The van der Waals surface area contributed by atoms with Crippen molar-refractivity contribution in [3.8, 4) is 0 Å². The maximum absolute atomic E-state index is 12.7. The SMILES string of the molecule is CN(CCCc1c[nH]c2ccccc12)C(=O)c1ccncc1N(C)C=O. The minimum Gasteiger partial charge on any atom is -0.361 e. The number of H-pyrrole nitrogens is 1. The zero-order valence-corrected chi connectivity index (χ0v) is 15.0. The Kier molecular flexibility index (Phi) is 5.31. The third kappa shape index (κ3) is 3.59. The van der Waals surface area contributed by atoms with E-state index in [1.54, 1.807) is 31.3 Å². The second kappa shape index (κ2) is 7.82. The fourth-order valence-electron chi connectivity index (χ4n) is 3.06. The van der Waals surface area contributed by atoms with Gasteiger partial charge in [-0.1, -0.05) is 18.2 Å². The van der Waals surface area contributed by atoms with E-state index in [-0.39, 0.29) is 5.91 Å². The second-order valence-electron chi connectivity index (χ2n) is 6.30. The van der Waals surface area contributed by atoms with Gasteiger partial charge in [0.25, 0.3) is 5.91 Å². The molecule has 0 unspecified atom stereocenters. The average molecular weight is 350 g/mol. The topological polar surface area (TPSA) is 69.3 Å². The first-order valence-electron chi connectivity index (χ1n) is 8.54. The monoisotopic (exact) mass is 350 g/mol. The molecule has 0 saturated heterocycles. The highest BCUT2D eigenvalue weighted by atomic mass is 16.2. The number of nitrogens with zero attached hydrogens (tertiary/aromatic N) is 3. The van der Waals surface area contributed by atoms with Crippen molar-refractivity contribution in [2.75, 3.05) is 25.5 Å². The summed E-state index contributed by atoms with van der Waals surface area (Å²) in [5, 5.41) is 1.23. The van der Waals surface area contributed by atoms with Crippen LogP contribution in [0.25, 0.3) is 10.9 Å². The maximum Gasteiger partial charge on any atom is 0.255 e. The highest BCUT2D eigenvalue weighted by Crippen LogP contribution is 2.20. The highest BCUT2D eigenvalue weighted by molar-refractivity contribution is 6.01. The van der Waals surface area contributed by atoms with Crippen molar-refractivity contribution in [1.82, 2.24) is 14.9 Å². The number of aryl methyl sites for hydroxylation is 1. The van der Waals surface area contributed by atoms with Gasteiger partial charge >= 0.3 is 0 Å². The Morgan fingerprint density at radius 3 is 2.85 bits per heavy atom. The van der Waals surface area contributed by atoms with Crippen molar-refractivity contribution in [2.45, 2.75) is 12.8 Å². The molecular formula is C20H22N4O2. The van der Waals surface area contributed by atoms with E-state index in [9.17, 15) is 9.59 Å². The molecule has 3 rings (SSSR count). The predicted octanol–water partition coefficient (Wildman–Crippen LogP) is 2.86. The smallest absolute Gasteiger partial charge is 0.255 e. The number of aromatic nitrogens is 2. The fraction of sp³-hybridized carbons (Fsp3) is 0.250. The molecule has 0 aliphatic rings. The lowest BCUT2D eigenvalue weighted by molar-refractivity contribution is -0.107. The standard InChI is InChI=1S/C20H22N4O2/c1-23(20(26)17-9-10-21-13-19(17)24(2)14-25)11-5-6-15-12-22-18-8-4-3-7-16(15)18/h3-4,7-10,12-14,22H,5-6,11H2,1-2H3. The van der Waals surface area contributed by atoms with E-state index in [0.717, 1.165) is 18.4 Å². The van der Waals surface area contributed by atoms with Gasteiger partial charge in [-0.25, -0.2) is 0 Å². The zero-order valence-electron chi connectivity index (χ0n) is 15.0. The van der Waals surface area contributed by atoms with Crippen LogP contribution in [0.1, 0.15) is 22.3 Å². The molecule has 6 heteroatoms. The van der Waals surface area contributed by atoms with Gasteiger partial charge in [-0.05, 0) is 30.5 Å². The number of rotatable bonds is 7. The van der Waals surface area contributed by atoms with E-state index in [0.29, 0.717) is 24.2 Å². The number of carbonyl (C=O) groups is 2. The van der Waals surface area contributed by atoms with Crippen molar-refractivity contribution < 1.29 is 9.59 Å². The Morgan fingerprint density at radius 1 is 1.23 bits per heavy atom. The summed E-state index contributed by atoms with van der Waals surface area (Å²) in [5.74, 6) is -0.116. The number of aromatic amines is 1. The molecule has 0 radical (unpaired) electrons. The first-order chi connectivity index (χ1) is 12.6. The molecule has 0 bridgehead atoms. The molecule has 0 atom stereocenters. The number of fused-ring (bicyclic) bond motifs is 1. The Bertz CT molecular complexity index is 919. The van der Waals surface area contributed by atoms with Crippen LogP contribution in [0.15, 0.2) is 48.9 Å². The second-order valence-corrected chi connectivity index (χ2v) is 6.30. The molecule has 2 heterocycles. The lowest BCUT2D eigenvalue weighted by atomic mass is 10.1. The number of para-hydroxylation sites is 1. The molecule has 3 aromatic rings. The van der Waals surface area contributed by atoms with E-state index < -0.39 is 0 Å². The Morgan fingerprint density at radius 2 is 2.04 bits per heavy atom. The molecule has 0 aliphatic heterocycles. The minimum absolute atomic E-state index is 0.116. The number of carbonyl (C=O) groups excluding carboxylic acids is 2. The summed E-state index contributed by atoms with van der Waals surface area (Å²) >= 11 is 0. The molecule has 0 aliphatic carbocycles. The van der Waals surface area contributed by atoms with Crippen LogP contribution in [-0.2, 0) is 11.2 Å². The Balaban J connectivity index is 1.64. The van der Waals surface area contributed by atoms with Crippen molar-refractivity contribution in [2.24, 2.45) is 0 Å². The molecular weight excluding hydrogens is 328 g/mol. The van der Waals surface area contributed by atoms with Crippen molar-refractivity contribution in [3.05, 3.63) is 60.0 Å². The largest absolute Gasteiger partial charge is 0.361 e. The van der Waals surface area contributed by atoms with Gasteiger partial charge in [0.15, 0.2) is 0 Å².